The molecule has 0 spiro atoms. The maximum atomic E-state index is 12.0. The molecule has 7 heteroatoms. The predicted molar refractivity (Wildman–Crippen MR) is 89.5 cm³/mol. The van der Waals surface area contributed by atoms with Gasteiger partial charge in [0, 0.05) is 18.7 Å². The third-order valence-electron chi connectivity index (χ3n) is 3.44. The van der Waals surface area contributed by atoms with Gasteiger partial charge < -0.3 is 15.6 Å². The summed E-state index contributed by atoms with van der Waals surface area (Å²) in [5.74, 6) is 0.251. The average Bonchev–Trinajstić information content (AvgIpc) is 2.98. The van der Waals surface area contributed by atoms with Crippen LogP contribution in [0.5, 0.6) is 0 Å². The number of benzene rings is 1. The van der Waals surface area contributed by atoms with E-state index < -0.39 is 0 Å². The van der Waals surface area contributed by atoms with E-state index in [4.69, 9.17) is 5.73 Å². The highest BCUT2D eigenvalue weighted by molar-refractivity contribution is 5.91. The van der Waals surface area contributed by atoms with Gasteiger partial charge >= 0.3 is 0 Å². The zero-order chi connectivity index (χ0) is 16.2. The minimum atomic E-state index is -0.0831. The number of hydrogen-bond acceptors (Lipinski definition) is 5. The van der Waals surface area contributed by atoms with Crippen molar-refractivity contribution in [1.82, 2.24) is 19.5 Å². The van der Waals surface area contributed by atoms with Crippen LogP contribution in [0.1, 0.15) is 12.0 Å². The Balaban J connectivity index is 1.63. The van der Waals surface area contributed by atoms with Crippen molar-refractivity contribution in [1.29, 1.82) is 0 Å². The van der Waals surface area contributed by atoms with E-state index in [2.05, 4.69) is 26.8 Å². The summed E-state index contributed by atoms with van der Waals surface area (Å²) in [6, 6.07) is 7.47. The third-order valence-corrected chi connectivity index (χ3v) is 3.44. The van der Waals surface area contributed by atoms with Crippen LogP contribution in [0.15, 0.2) is 43.5 Å². The number of nitrogen functional groups attached to an aromatic ring is 1. The fourth-order valence-electron chi connectivity index (χ4n) is 2.21. The molecule has 0 aliphatic heterocycles. The van der Waals surface area contributed by atoms with Gasteiger partial charge in [0.05, 0.1) is 6.33 Å². The summed E-state index contributed by atoms with van der Waals surface area (Å²) in [5, 5.41) is 2.85. The van der Waals surface area contributed by atoms with Crippen LogP contribution in [0.4, 0.5) is 11.5 Å². The standard InChI is InChI=1S/C16H16N6O/c1-2-11-3-5-12(6-4-11)21-13(23)7-8-22-10-20-14-15(17)18-9-19-16(14)22/h2-6,9-10H,1,7-8H2,(H,21,23)(H2,17,18,19). The second kappa shape index (κ2) is 6.27. The van der Waals surface area contributed by atoms with E-state index in [1.807, 2.05) is 24.3 Å². The van der Waals surface area contributed by atoms with Crippen molar-refractivity contribution in [3.8, 4) is 0 Å². The highest BCUT2D eigenvalue weighted by atomic mass is 16.1. The fraction of sp³-hybridized carbons (Fsp3) is 0.125. The molecule has 1 aromatic carbocycles. The molecule has 3 rings (SSSR count). The number of rotatable bonds is 5. The van der Waals surface area contributed by atoms with E-state index in [0.29, 0.717) is 29.9 Å². The first-order valence-electron chi connectivity index (χ1n) is 7.11. The number of imidazole rings is 1. The lowest BCUT2D eigenvalue weighted by Gasteiger charge is -2.06. The van der Waals surface area contributed by atoms with Crippen LogP contribution in [-0.4, -0.2) is 25.4 Å². The Morgan fingerprint density at radius 2 is 2.04 bits per heavy atom. The number of fused-ring (bicyclic) bond motifs is 1. The monoisotopic (exact) mass is 308 g/mol. The third kappa shape index (κ3) is 3.18. The molecule has 0 aliphatic rings. The van der Waals surface area contributed by atoms with Crippen LogP contribution in [0, 0.1) is 0 Å². The largest absolute Gasteiger partial charge is 0.382 e. The van der Waals surface area contributed by atoms with E-state index in [0.717, 1.165) is 11.3 Å². The summed E-state index contributed by atoms with van der Waals surface area (Å²) in [7, 11) is 0. The Bertz CT molecular complexity index is 853. The van der Waals surface area contributed by atoms with Crippen LogP contribution in [0.3, 0.4) is 0 Å². The molecule has 0 aliphatic carbocycles. The summed E-state index contributed by atoms with van der Waals surface area (Å²) < 4.78 is 1.79. The van der Waals surface area contributed by atoms with Gasteiger partial charge in [-0.1, -0.05) is 24.8 Å². The Kier molecular flexibility index (Phi) is 4.01. The molecule has 2 heterocycles. The minimum Gasteiger partial charge on any atom is -0.382 e. The van der Waals surface area contributed by atoms with E-state index >= 15 is 0 Å². The second-order valence-corrected chi connectivity index (χ2v) is 4.99. The van der Waals surface area contributed by atoms with Gasteiger partial charge in [0.15, 0.2) is 11.5 Å². The van der Waals surface area contributed by atoms with Crippen LogP contribution in [-0.2, 0) is 11.3 Å². The zero-order valence-electron chi connectivity index (χ0n) is 12.4. The van der Waals surface area contributed by atoms with Gasteiger partial charge in [0.1, 0.15) is 11.8 Å². The maximum absolute atomic E-state index is 12.0. The van der Waals surface area contributed by atoms with E-state index in [9.17, 15) is 4.79 Å². The molecule has 0 radical (unpaired) electrons. The summed E-state index contributed by atoms with van der Waals surface area (Å²) in [4.78, 5) is 24.3. The van der Waals surface area contributed by atoms with Gasteiger partial charge in [0.25, 0.3) is 0 Å². The number of carbonyl (C=O) groups is 1. The number of aromatic nitrogens is 4. The smallest absolute Gasteiger partial charge is 0.226 e. The molecule has 0 unspecified atom stereocenters. The molecule has 0 atom stereocenters. The van der Waals surface area contributed by atoms with Crippen molar-refractivity contribution < 1.29 is 4.79 Å². The van der Waals surface area contributed by atoms with E-state index in [-0.39, 0.29) is 5.91 Å². The first-order chi connectivity index (χ1) is 11.2. The van der Waals surface area contributed by atoms with Crippen molar-refractivity contribution >= 4 is 34.7 Å². The lowest BCUT2D eigenvalue weighted by molar-refractivity contribution is -0.116. The quantitative estimate of drug-likeness (QED) is 0.752. The molecule has 0 saturated heterocycles. The molecule has 0 fully saturated rings. The average molecular weight is 308 g/mol. The minimum absolute atomic E-state index is 0.0831. The van der Waals surface area contributed by atoms with E-state index in [1.165, 1.54) is 6.33 Å². The molecule has 116 valence electrons. The molecule has 7 nitrogen and oxygen atoms in total. The van der Waals surface area contributed by atoms with Crippen LogP contribution in [0.25, 0.3) is 17.2 Å². The Morgan fingerprint density at radius 3 is 2.78 bits per heavy atom. The van der Waals surface area contributed by atoms with Crippen molar-refractivity contribution in [2.75, 3.05) is 11.1 Å². The highest BCUT2D eigenvalue weighted by Gasteiger charge is 2.09. The molecule has 2 aromatic heterocycles. The van der Waals surface area contributed by atoms with Crippen molar-refractivity contribution in [2.24, 2.45) is 0 Å². The van der Waals surface area contributed by atoms with E-state index in [1.54, 1.807) is 17.0 Å². The van der Waals surface area contributed by atoms with Crippen molar-refractivity contribution in [3.05, 3.63) is 49.1 Å². The molecular weight excluding hydrogens is 292 g/mol. The number of nitrogens with one attached hydrogen (secondary N) is 1. The lowest BCUT2D eigenvalue weighted by Crippen LogP contribution is -2.14. The number of aryl methyl sites for hydroxylation is 1. The SMILES string of the molecule is C=Cc1ccc(NC(=O)CCn2cnc3c(N)ncnc32)cc1. The summed E-state index contributed by atoms with van der Waals surface area (Å²) in [6.07, 6.45) is 5.06. The molecule has 1 amide bonds. The number of amides is 1. The Labute approximate surface area is 132 Å². The van der Waals surface area contributed by atoms with Gasteiger partial charge in [-0.25, -0.2) is 15.0 Å². The number of nitrogens with zero attached hydrogens (tertiary/aromatic N) is 4. The first kappa shape index (κ1) is 14.7. The molecule has 3 aromatic rings. The molecule has 23 heavy (non-hydrogen) atoms. The van der Waals surface area contributed by atoms with Gasteiger partial charge in [-0.2, -0.15) is 0 Å². The highest BCUT2D eigenvalue weighted by Crippen LogP contribution is 2.15. The fourth-order valence-corrected chi connectivity index (χ4v) is 2.21. The molecule has 0 bridgehead atoms. The number of carbonyl (C=O) groups excluding carboxylic acids is 1. The van der Waals surface area contributed by atoms with Crippen LogP contribution >= 0.6 is 0 Å². The zero-order valence-corrected chi connectivity index (χ0v) is 12.4. The van der Waals surface area contributed by atoms with Gasteiger partial charge in [-0.05, 0) is 17.7 Å². The molecular formula is C16H16N6O. The second-order valence-electron chi connectivity index (χ2n) is 4.99. The van der Waals surface area contributed by atoms with Gasteiger partial charge in [-0.3, -0.25) is 4.79 Å². The maximum Gasteiger partial charge on any atom is 0.226 e. The molecule has 3 N–H and O–H groups in total. The van der Waals surface area contributed by atoms with Crippen LogP contribution in [0.2, 0.25) is 0 Å². The number of hydrogen-bond donors (Lipinski definition) is 2. The molecule has 0 saturated carbocycles. The number of nitrogens with two attached hydrogens (primary N) is 1. The van der Waals surface area contributed by atoms with Crippen LogP contribution < -0.4 is 11.1 Å². The van der Waals surface area contributed by atoms with Crippen molar-refractivity contribution in [3.63, 3.8) is 0 Å². The Morgan fingerprint density at radius 1 is 1.26 bits per heavy atom. The lowest BCUT2D eigenvalue weighted by atomic mass is 10.2. The normalized spacial score (nSPS) is 10.6. The van der Waals surface area contributed by atoms with Gasteiger partial charge in [0.2, 0.25) is 5.91 Å². The summed E-state index contributed by atoms with van der Waals surface area (Å²) >= 11 is 0. The first-order valence-corrected chi connectivity index (χ1v) is 7.11. The topological polar surface area (TPSA) is 98.7 Å². The predicted octanol–water partition coefficient (Wildman–Crippen LogP) is 2.08. The van der Waals surface area contributed by atoms with Crippen molar-refractivity contribution in [2.45, 2.75) is 13.0 Å². The van der Waals surface area contributed by atoms with Gasteiger partial charge in [-0.15, -0.1) is 0 Å². The Hall–Kier alpha value is -3.22. The summed E-state index contributed by atoms with van der Waals surface area (Å²) in [5.41, 5.74) is 8.67. The number of anilines is 2. The summed E-state index contributed by atoms with van der Waals surface area (Å²) in [6.45, 7) is 4.16.